The molecule has 0 N–H and O–H groups in total. The number of benzene rings is 4. The van der Waals surface area contributed by atoms with Crippen molar-refractivity contribution in [3.05, 3.63) is 131 Å². The Bertz CT molecular complexity index is 1510. The molecule has 2 heterocycles. The molecule has 3 aliphatic rings. The summed E-state index contributed by atoms with van der Waals surface area (Å²) >= 11 is 1.53. The molecule has 3 atom stereocenters. The van der Waals surface area contributed by atoms with Gasteiger partial charge in [0.1, 0.15) is 16.8 Å². The fourth-order valence-electron chi connectivity index (χ4n) is 6.34. The van der Waals surface area contributed by atoms with Crippen LogP contribution in [-0.2, 0) is 0 Å². The third kappa shape index (κ3) is 2.64. The van der Waals surface area contributed by atoms with E-state index in [1.54, 1.807) is 24.3 Å². The number of hydrogen-bond acceptors (Lipinski definition) is 5. The van der Waals surface area contributed by atoms with Gasteiger partial charge in [-0.2, -0.15) is 0 Å². The molecule has 2 aliphatic heterocycles. The maximum absolute atomic E-state index is 14.4. The summed E-state index contributed by atoms with van der Waals surface area (Å²) in [6.45, 7) is 0. The third-order valence-electron chi connectivity index (χ3n) is 7.78. The van der Waals surface area contributed by atoms with Crippen LogP contribution in [0.25, 0.3) is 0 Å². The number of fused-ring (bicyclic) bond motifs is 5. The van der Waals surface area contributed by atoms with E-state index in [1.807, 2.05) is 84.9 Å². The Morgan fingerprint density at radius 2 is 1.25 bits per heavy atom. The van der Waals surface area contributed by atoms with E-state index >= 15 is 0 Å². The monoisotopic (exact) mass is 487 g/mol. The molecule has 0 radical (unpaired) electrons. The molecule has 1 aliphatic carbocycles. The predicted octanol–water partition coefficient (Wildman–Crippen LogP) is 6.04. The molecular weight excluding hydrogens is 466 g/mol. The van der Waals surface area contributed by atoms with Crippen molar-refractivity contribution in [2.75, 3.05) is 4.90 Å². The first-order valence-electron chi connectivity index (χ1n) is 12.0. The summed E-state index contributed by atoms with van der Waals surface area (Å²) in [6, 6.07) is 33.1. The van der Waals surface area contributed by atoms with Gasteiger partial charge in [-0.25, -0.2) is 0 Å². The highest BCUT2D eigenvalue weighted by Crippen LogP contribution is 2.66. The van der Waals surface area contributed by atoms with Gasteiger partial charge in [0, 0.05) is 27.5 Å². The van der Waals surface area contributed by atoms with Crippen molar-refractivity contribution in [2.45, 2.75) is 22.2 Å². The Morgan fingerprint density at radius 1 is 0.694 bits per heavy atom. The van der Waals surface area contributed by atoms with E-state index in [-0.39, 0.29) is 17.3 Å². The Hall–Kier alpha value is -3.96. The molecule has 3 unspecified atom stereocenters. The second-order valence-corrected chi connectivity index (χ2v) is 10.6. The highest BCUT2D eigenvalue weighted by molar-refractivity contribution is 8.00. The Kier molecular flexibility index (Phi) is 4.60. The molecule has 1 fully saturated rings. The van der Waals surface area contributed by atoms with Gasteiger partial charge in [-0.1, -0.05) is 109 Å². The van der Waals surface area contributed by atoms with Crippen molar-refractivity contribution in [1.29, 1.82) is 0 Å². The molecule has 0 bridgehead atoms. The molecule has 0 aromatic heterocycles. The van der Waals surface area contributed by atoms with Crippen LogP contribution in [0.4, 0.5) is 5.69 Å². The SMILES string of the molecule is O=C(c1ccccc1)C1C(c2ccccc2)C2(C(=O)c3ccccc3C2=O)C2Sc3ccccc3N12. The molecule has 4 aromatic rings. The normalized spacial score (nSPS) is 23.0. The van der Waals surface area contributed by atoms with E-state index in [0.29, 0.717) is 16.7 Å². The summed E-state index contributed by atoms with van der Waals surface area (Å²) in [6.07, 6.45) is 0. The second-order valence-electron chi connectivity index (χ2n) is 9.48. The number of ketones is 3. The molecule has 1 spiro atoms. The average molecular weight is 488 g/mol. The lowest BCUT2D eigenvalue weighted by Gasteiger charge is -2.32. The van der Waals surface area contributed by atoms with E-state index in [9.17, 15) is 14.4 Å². The largest absolute Gasteiger partial charge is 0.346 e. The smallest absolute Gasteiger partial charge is 0.185 e. The van der Waals surface area contributed by atoms with Crippen molar-refractivity contribution in [3.63, 3.8) is 0 Å². The highest BCUT2D eigenvalue weighted by Gasteiger charge is 2.73. The van der Waals surface area contributed by atoms with Gasteiger partial charge in [0.2, 0.25) is 0 Å². The number of hydrogen-bond donors (Lipinski definition) is 0. The summed E-state index contributed by atoms with van der Waals surface area (Å²) in [5.74, 6) is -1.09. The first-order valence-corrected chi connectivity index (χ1v) is 12.9. The number of nitrogens with zero attached hydrogens (tertiary/aromatic N) is 1. The first kappa shape index (κ1) is 21.3. The van der Waals surface area contributed by atoms with E-state index in [1.165, 1.54) is 11.8 Å². The fourth-order valence-corrected chi connectivity index (χ4v) is 7.93. The Balaban J connectivity index is 1.54. The van der Waals surface area contributed by atoms with Crippen LogP contribution in [-0.4, -0.2) is 28.8 Å². The summed E-state index contributed by atoms with van der Waals surface area (Å²) in [5.41, 5.74) is 1.79. The molecule has 0 saturated carbocycles. The van der Waals surface area contributed by atoms with Gasteiger partial charge < -0.3 is 4.90 Å². The Morgan fingerprint density at radius 3 is 1.92 bits per heavy atom. The quantitative estimate of drug-likeness (QED) is 0.261. The van der Waals surface area contributed by atoms with Crippen molar-refractivity contribution in [2.24, 2.45) is 5.41 Å². The van der Waals surface area contributed by atoms with E-state index < -0.39 is 22.7 Å². The van der Waals surface area contributed by atoms with E-state index in [4.69, 9.17) is 0 Å². The van der Waals surface area contributed by atoms with Crippen LogP contribution >= 0.6 is 11.8 Å². The maximum Gasteiger partial charge on any atom is 0.185 e. The number of Topliss-reactive ketones (excluding diaryl/α,β-unsaturated/α-hetero) is 3. The first-order chi connectivity index (χ1) is 17.6. The van der Waals surface area contributed by atoms with Crippen molar-refractivity contribution < 1.29 is 14.4 Å². The third-order valence-corrected chi connectivity index (χ3v) is 9.20. The van der Waals surface area contributed by atoms with Gasteiger partial charge in [-0.15, -0.1) is 0 Å². The van der Waals surface area contributed by atoms with Crippen LogP contribution in [0.1, 0.15) is 42.6 Å². The number of anilines is 1. The van der Waals surface area contributed by atoms with Gasteiger partial charge in [-0.3, -0.25) is 14.4 Å². The van der Waals surface area contributed by atoms with Gasteiger partial charge in [-0.05, 0) is 17.7 Å². The van der Waals surface area contributed by atoms with Crippen LogP contribution in [0, 0.1) is 5.41 Å². The lowest BCUT2D eigenvalue weighted by atomic mass is 9.67. The van der Waals surface area contributed by atoms with Crippen LogP contribution in [0.15, 0.2) is 114 Å². The topological polar surface area (TPSA) is 54.5 Å². The van der Waals surface area contributed by atoms with Gasteiger partial charge in [0.05, 0.1) is 5.69 Å². The number of carbonyl (C=O) groups excluding carboxylic acids is 3. The average Bonchev–Trinajstić information content (AvgIpc) is 3.53. The zero-order chi connectivity index (χ0) is 24.4. The minimum atomic E-state index is -1.41. The van der Waals surface area contributed by atoms with Crippen LogP contribution in [0.3, 0.4) is 0 Å². The van der Waals surface area contributed by atoms with Crippen LogP contribution < -0.4 is 4.90 Å². The highest BCUT2D eigenvalue weighted by atomic mass is 32.2. The molecule has 174 valence electrons. The summed E-state index contributed by atoms with van der Waals surface area (Å²) < 4.78 is 0. The van der Waals surface area contributed by atoms with Crippen molar-refractivity contribution >= 4 is 34.8 Å². The molecular formula is C31H21NO3S. The number of thioether (sulfide) groups is 1. The summed E-state index contributed by atoms with van der Waals surface area (Å²) in [5, 5.41) is -0.523. The maximum atomic E-state index is 14.4. The van der Waals surface area contributed by atoms with Gasteiger partial charge in [0.25, 0.3) is 0 Å². The molecule has 7 rings (SSSR count). The number of para-hydroxylation sites is 1. The lowest BCUT2D eigenvalue weighted by Crippen LogP contribution is -2.45. The van der Waals surface area contributed by atoms with E-state index in [0.717, 1.165) is 16.1 Å². The molecule has 5 heteroatoms. The molecule has 36 heavy (non-hydrogen) atoms. The van der Waals surface area contributed by atoms with Gasteiger partial charge in [0.15, 0.2) is 17.3 Å². The predicted molar refractivity (Wildman–Crippen MR) is 140 cm³/mol. The molecule has 4 nitrogen and oxygen atoms in total. The van der Waals surface area contributed by atoms with Crippen LogP contribution in [0.2, 0.25) is 0 Å². The van der Waals surface area contributed by atoms with Gasteiger partial charge >= 0.3 is 0 Å². The summed E-state index contributed by atoms with van der Waals surface area (Å²) in [7, 11) is 0. The van der Waals surface area contributed by atoms with Crippen LogP contribution in [0.5, 0.6) is 0 Å². The van der Waals surface area contributed by atoms with Crippen molar-refractivity contribution in [3.8, 4) is 0 Å². The molecule has 0 amide bonds. The minimum absolute atomic E-state index is 0.0832. The minimum Gasteiger partial charge on any atom is -0.346 e. The zero-order valence-electron chi connectivity index (χ0n) is 19.2. The fraction of sp³-hybridized carbons (Fsp3) is 0.129. The van der Waals surface area contributed by atoms with E-state index in [2.05, 4.69) is 4.90 Å². The summed E-state index contributed by atoms with van der Waals surface area (Å²) in [4.78, 5) is 46.3. The lowest BCUT2D eigenvalue weighted by molar-refractivity contribution is 0.0680. The molecule has 4 aromatic carbocycles. The van der Waals surface area contributed by atoms with Crippen molar-refractivity contribution in [1.82, 2.24) is 0 Å². The number of carbonyl (C=O) groups is 3. The second kappa shape index (κ2) is 7.77. The Labute approximate surface area is 213 Å². The molecule has 1 saturated heterocycles. The zero-order valence-corrected chi connectivity index (χ0v) is 20.0. The number of rotatable bonds is 3. The standard InChI is InChI=1S/C31H21NO3S/c33-27(20-13-5-2-6-14-20)26-25(19-11-3-1-4-12-19)31(28(34)21-15-7-8-16-22(21)29(31)35)30-32(26)23-17-9-10-18-24(23)36-30/h1-18,25-26,30H.